The molecule has 0 aliphatic rings. The van der Waals surface area contributed by atoms with Crippen molar-refractivity contribution in [2.45, 2.75) is 26.5 Å². The first-order valence-corrected chi connectivity index (χ1v) is 7.19. The molecule has 2 N–H and O–H groups in total. The first-order chi connectivity index (χ1) is 9.47. The van der Waals surface area contributed by atoms with Crippen LogP contribution in [-0.4, -0.2) is 0 Å². The van der Waals surface area contributed by atoms with Gasteiger partial charge in [0.2, 0.25) is 0 Å². The summed E-state index contributed by atoms with van der Waals surface area (Å²) in [6, 6.07) is 10.8. The molecule has 0 heterocycles. The monoisotopic (exact) mass is 337 g/mol. The predicted molar refractivity (Wildman–Crippen MR) is 82.2 cm³/mol. The average Bonchev–Trinajstić information content (AvgIpc) is 2.41. The lowest BCUT2D eigenvalue weighted by Gasteiger charge is -2.12. The molecule has 106 valence electrons. The van der Waals surface area contributed by atoms with Crippen LogP contribution >= 0.6 is 15.9 Å². The molecular weight excluding hydrogens is 321 g/mol. The number of benzene rings is 2. The number of ether oxygens (including phenoxy) is 1. The van der Waals surface area contributed by atoms with Gasteiger partial charge in [0.1, 0.15) is 18.2 Å². The van der Waals surface area contributed by atoms with E-state index in [0.29, 0.717) is 11.1 Å². The lowest BCUT2D eigenvalue weighted by atomic mass is 10.1. The van der Waals surface area contributed by atoms with Crippen molar-refractivity contribution in [1.82, 2.24) is 0 Å². The number of halogens is 2. The van der Waals surface area contributed by atoms with Crippen LogP contribution in [0.15, 0.2) is 40.9 Å². The van der Waals surface area contributed by atoms with Crippen LogP contribution in [0.3, 0.4) is 0 Å². The number of rotatable bonds is 4. The van der Waals surface area contributed by atoms with Crippen molar-refractivity contribution >= 4 is 15.9 Å². The smallest absolute Gasteiger partial charge is 0.137 e. The fraction of sp³-hybridized carbons (Fsp3) is 0.250. The third-order valence-corrected chi connectivity index (χ3v) is 3.71. The van der Waals surface area contributed by atoms with Crippen molar-refractivity contribution in [1.29, 1.82) is 0 Å². The van der Waals surface area contributed by atoms with Crippen LogP contribution in [0.5, 0.6) is 5.75 Å². The Morgan fingerprint density at radius 2 is 2.00 bits per heavy atom. The van der Waals surface area contributed by atoms with Gasteiger partial charge in [-0.3, -0.25) is 0 Å². The molecule has 0 spiro atoms. The summed E-state index contributed by atoms with van der Waals surface area (Å²) in [4.78, 5) is 0. The Balaban J connectivity index is 2.09. The Morgan fingerprint density at radius 3 is 2.60 bits per heavy atom. The highest BCUT2D eigenvalue weighted by molar-refractivity contribution is 9.10. The molecule has 0 amide bonds. The van der Waals surface area contributed by atoms with Crippen LogP contribution in [-0.2, 0) is 6.61 Å². The second kappa shape index (κ2) is 6.37. The minimum Gasteiger partial charge on any atom is -0.489 e. The van der Waals surface area contributed by atoms with E-state index in [9.17, 15) is 4.39 Å². The third kappa shape index (κ3) is 3.58. The molecule has 0 radical (unpaired) electrons. The second-order valence-corrected chi connectivity index (χ2v) is 5.71. The van der Waals surface area contributed by atoms with Crippen molar-refractivity contribution in [3.63, 3.8) is 0 Å². The SMILES string of the molecule is Cc1cc([C@@H](C)N)ccc1OCc1ccc(F)c(Br)c1. The van der Waals surface area contributed by atoms with Gasteiger partial charge in [0, 0.05) is 6.04 Å². The summed E-state index contributed by atoms with van der Waals surface area (Å²) in [5, 5.41) is 0. The van der Waals surface area contributed by atoms with Gasteiger partial charge in [0.15, 0.2) is 0 Å². The molecule has 0 bridgehead atoms. The normalized spacial score (nSPS) is 12.2. The van der Waals surface area contributed by atoms with E-state index in [1.165, 1.54) is 6.07 Å². The number of aryl methyl sites for hydroxylation is 1. The van der Waals surface area contributed by atoms with Gasteiger partial charge < -0.3 is 10.5 Å². The molecule has 0 aliphatic carbocycles. The van der Waals surface area contributed by atoms with Gasteiger partial charge in [-0.15, -0.1) is 0 Å². The van der Waals surface area contributed by atoms with E-state index in [1.54, 1.807) is 12.1 Å². The van der Waals surface area contributed by atoms with E-state index in [0.717, 1.165) is 22.4 Å². The zero-order chi connectivity index (χ0) is 14.7. The first kappa shape index (κ1) is 15.0. The van der Waals surface area contributed by atoms with Crippen LogP contribution in [0, 0.1) is 12.7 Å². The zero-order valence-corrected chi connectivity index (χ0v) is 13.1. The van der Waals surface area contributed by atoms with E-state index >= 15 is 0 Å². The predicted octanol–water partition coefficient (Wildman–Crippen LogP) is 4.50. The Morgan fingerprint density at radius 1 is 1.25 bits per heavy atom. The molecule has 2 nitrogen and oxygen atoms in total. The second-order valence-electron chi connectivity index (χ2n) is 4.85. The standard InChI is InChI=1S/C16H17BrFNO/c1-10-7-13(11(2)19)4-6-16(10)20-9-12-3-5-15(18)14(17)8-12/h3-8,11H,9,19H2,1-2H3/t11-/m1/s1. The van der Waals surface area contributed by atoms with Gasteiger partial charge >= 0.3 is 0 Å². The highest BCUT2D eigenvalue weighted by Gasteiger charge is 2.06. The molecule has 0 fully saturated rings. The summed E-state index contributed by atoms with van der Waals surface area (Å²) < 4.78 is 19.4. The van der Waals surface area contributed by atoms with Crippen LogP contribution in [0.1, 0.15) is 29.7 Å². The molecule has 2 aromatic carbocycles. The summed E-state index contributed by atoms with van der Waals surface area (Å²) in [6.45, 7) is 4.34. The number of nitrogens with two attached hydrogens (primary N) is 1. The minimum absolute atomic E-state index is 0.0100. The van der Waals surface area contributed by atoms with Crippen molar-refractivity contribution in [3.05, 3.63) is 63.4 Å². The van der Waals surface area contributed by atoms with E-state index in [1.807, 2.05) is 32.0 Å². The number of hydrogen-bond donors (Lipinski definition) is 1. The largest absolute Gasteiger partial charge is 0.489 e. The van der Waals surface area contributed by atoms with Crippen LogP contribution in [0.4, 0.5) is 4.39 Å². The summed E-state index contributed by atoms with van der Waals surface area (Å²) >= 11 is 3.17. The number of hydrogen-bond acceptors (Lipinski definition) is 2. The molecule has 0 saturated carbocycles. The highest BCUT2D eigenvalue weighted by Crippen LogP contribution is 2.23. The third-order valence-electron chi connectivity index (χ3n) is 3.10. The fourth-order valence-corrected chi connectivity index (χ4v) is 2.33. The van der Waals surface area contributed by atoms with Gasteiger partial charge in [0.05, 0.1) is 4.47 Å². The first-order valence-electron chi connectivity index (χ1n) is 6.40. The van der Waals surface area contributed by atoms with Crippen LogP contribution in [0.25, 0.3) is 0 Å². The molecule has 0 aliphatic heterocycles. The molecule has 0 aromatic heterocycles. The maximum absolute atomic E-state index is 13.1. The maximum atomic E-state index is 13.1. The van der Waals surface area contributed by atoms with Gasteiger partial charge in [0.25, 0.3) is 0 Å². The Kier molecular flexibility index (Phi) is 4.78. The summed E-state index contributed by atoms with van der Waals surface area (Å²) in [7, 11) is 0. The van der Waals surface area contributed by atoms with Crippen molar-refractivity contribution < 1.29 is 9.13 Å². The van der Waals surface area contributed by atoms with Gasteiger partial charge in [-0.1, -0.05) is 18.2 Å². The average molecular weight is 338 g/mol. The Labute approximate surface area is 126 Å². The van der Waals surface area contributed by atoms with E-state index in [-0.39, 0.29) is 11.9 Å². The molecule has 2 aromatic rings. The topological polar surface area (TPSA) is 35.2 Å². The van der Waals surface area contributed by atoms with Crippen LogP contribution in [0.2, 0.25) is 0 Å². The van der Waals surface area contributed by atoms with Gasteiger partial charge in [-0.2, -0.15) is 0 Å². The van der Waals surface area contributed by atoms with Crippen molar-refractivity contribution in [3.8, 4) is 5.75 Å². The quantitative estimate of drug-likeness (QED) is 0.891. The molecule has 20 heavy (non-hydrogen) atoms. The van der Waals surface area contributed by atoms with E-state index in [4.69, 9.17) is 10.5 Å². The molecule has 0 saturated heterocycles. The summed E-state index contributed by atoms with van der Waals surface area (Å²) in [5.74, 6) is 0.543. The summed E-state index contributed by atoms with van der Waals surface area (Å²) in [6.07, 6.45) is 0. The molecule has 2 rings (SSSR count). The molecule has 0 unspecified atom stereocenters. The molecular formula is C16H17BrFNO. The maximum Gasteiger partial charge on any atom is 0.137 e. The van der Waals surface area contributed by atoms with Crippen LogP contribution < -0.4 is 10.5 Å². The van der Waals surface area contributed by atoms with Gasteiger partial charge in [-0.05, 0) is 64.7 Å². The van der Waals surface area contributed by atoms with Gasteiger partial charge in [-0.25, -0.2) is 4.39 Å². The Hall–Kier alpha value is -1.39. The lowest BCUT2D eigenvalue weighted by molar-refractivity contribution is 0.303. The molecule has 1 atom stereocenters. The fourth-order valence-electron chi connectivity index (χ4n) is 1.91. The highest BCUT2D eigenvalue weighted by atomic mass is 79.9. The Bertz CT molecular complexity index is 613. The van der Waals surface area contributed by atoms with Crippen molar-refractivity contribution in [2.24, 2.45) is 5.73 Å². The minimum atomic E-state index is -0.272. The zero-order valence-electron chi connectivity index (χ0n) is 11.5. The lowest BCUT2D eigenvalue weighted by Crippen LogP contribution is -2.05. The van der Waals surface area contributed by atoms with E-state index in [2.05, 4.69) is 15.9 Å². The summed E-state index contributed by atoms with van der Waals surface area (Å²) in [5.41, 5.74) is 8.88. The molecule has 4 heteroatoms. The van der Waals surface area contributed by atoms with E-state index < -0.39 is 0 Å². The van der Waals surface area contributed by atoms with Crippen molar-refractivity contribution in [2.75, 3.05) is 0 Å².